The fourth-order valence-corrected chi connectivity index (χ4v) is 4.14. The molecule has 0 spiro atoms. The van der Waals surface area contributed by atoms with E-state index in [1.807, 2.05) is 31.2 Å². The van der Waals surface area contributed by atoms with Crippen LogP contribution in [0.25, 0.3) is 0 Å². The number of rotatable bonds is 13. The fraction of sp³-hybridized carbons (Fsp3) is 0.647. The van der Waals surface area contributed by atoms with E-state index in [4.69, 9.17) is 26.2 Å². The van der Waals surface area contributed by atoms with E-state index < -0.39 is 14.0 Å². The van der Waals surface area contributed by atoms with Crippen LogP contribution in [-0.4, -0.2) is 83.4 Å². The van der Waals surface area contributed by atoms with Crippen LogP contribution >= 0.6 is 7.75 Å². The van der Waals surface area contributed by atoms with Crippen LogP contribution in [0.15, 0.2) is 24.3 Å². The van der Waals surface area contributed by atoms with Gasteiger partial charge in [0.05, 0.1) is 13.7 Å². The fourth-order valence-electron chi connectivity index (χ4n) is 2.53. The van der Waals surface area contributed by atoms with Crippen LogP contribution in [0.3, 0.4) is 0 Å². The number of nitrogens with one attached hydrogen (secondary N) is 1. The van der Waals surface area contributed by atoms with Crippen molar-refractivity contribution < 1.29 is 35.6 Å². The molecule has 0 saturated carbocycles. The van der Waals surface area contributed by atoms with E-state index in [0.717, 1.165) is 11.3 Å². The Morgan fingerprint density at radius 2 is 2.07 bits per heavy atom. The second-order valence-electron chi connectivity index (χ2n) is 6.31. The normalized spacial score (nSPS) is 22.6. The van der Waals surface area contributed by atoms with E-state index in [-0.39, 0.29) is 25.4 Å². The number of methoxy groups -OCH3 is 1. The van der Waals surface area contributed by atoms with E-state index >= 15 is 0 Å². The first kappa shape index (κ1) is 24.2. The van der Waals surface area contributed by atoms with E-state index in [1.54, 1.807) is 7.11 Å². The van der Waals surface area contributed by atoms with Crippen LogP contribution in [0.1, 0.15) is 25.2 Å². The van der Waals surface area contributed by atoms with E-state index in [1.165, 1.54) is 0 Å². The van der Waals surface area contributed by atoms with Gasteiger partial charge in [-0.2, -0.15) is 0 Å². The SMILES string of the molecule is COc1ccc(C2OCC(COCCOP(=O)(O)NC(C)CC[O][Tl])O2)cc1. The van der Waals surface area contributed by atoms with Gasteiger partial charge in [-0.05, 0) is 12.1 Å². The monoisotopic (exact) mass is 609 g/mol. The maximum atomic E-state index is 11.9. The van der Waals surface area contributed by atoms with Gasteiger partial charge >= 0.3 is 112 Å². The minimum atomic E-state index is -3.85. The Balaban J connectivity index is 1.60. The van der Waals surface area contributed by atoms with E-state index in [2.05, 4.69) is 5.09 Å². The molecular formula is C17H27NO8PTl. The van der Waals surface area contributed by atoms with Crippen molar-refractivity contribution in [2.45, 2.75) is 31.8 Å². The van der Waals surface area contributed by atoms with E-state index in [9.17, 15) is 9.46 Å². The number of benzene rings is 1. The molecule has 0 amide bonds. The summed E-state index contributed by atoms with van der Waals surface area (Å²) in [4.78, 5) is 9.78. The third-order valence-electron chi connectivity index (χ3n) is 3.99. The average Bonchev–Trinajstić information content (AvgIpc) is 3.14. The van der Waals surface area contributed by atoms with Crippen LogP contribution in [0.2, 0.25) is 0 Å². The average molecular weight is 609 g/mol. The van der Waals surface area contributed by atoms with Gasteiger partial charge in [-0.1, -0.05) is 12.1 Å². The number of hydrogen-bond acceptors (Lipinski definition) is 7. The summed E-state index contributed by atoms with van der Waals surface area (Å²) in [5.74, 6) is 0.771. The zero-order valence-corrected chi connectivity index (χ0v) is 21.5. The van der Waals surface area contributed by atoms with E-state index in [0.29, 0.717) is 52.5 Å². The Morgan fingerprint density at radius 3 is 2.75 bits per heavy atom. The second kappa shape index (κ2) is 12.6. The van der Waals surface area contributed by atoms with Crippen molar-refractivity contribution >= 4 is 34.0 Å². The van der Waals surface area contributed by atoms with Gasteiger partial charge in [-0.25, -0.2) is 0 Å². The number of ether oxygens (including phenoxy) is 4. The molecule has 1 aromatic carbocycles. The maximum absolute atomic E-state index is 11.9. The quantitative estimate of drug-likeness (QED) is 0.197. The van der Waals surface area contributed by atoms with Gasteiger partial charge in [0, 0.05) is 5.56 Å². The maximum Gasteiger partial charge on any atom is -0.0195 e. The molecule has 28 heavy (non-hydrogen) atoms. The largest absolute Gasteiger partial charge is 0.340 e. The molecule has 4 unspecified atom stereocenters. The molecule has 1 saturated heterocycles. The second-order valence-corrected chi connectivity index (χ2v) is 9.17. The summed E-state index contributed by atoms with van der Waals surface area (Å²) in [6.07, 6.45) is 0.00819. The Labute approximate surface area is 181 Å². The van der Waals surface area contributed by atoms with Crippen LogP contribution in [0, 0.1) is 0 Å². The molecule has 1 aliphatic rings. The van der Waals surface area contributed by atoms with Gasteiger partial charge in [0.25, 0.3) is 0 Å². The molecule has 0 bridgehead atoms. The molecule has 1 aromatic rings. The topological polar surface area (TPSA) is 105 Å². The van der Waals surface area contributed by atoms with Crippen LogP contribution in [-0.2, 0) is 26.0 Å². The predicted octanol–water partition coefficient (Wildman–Crippen LogP) is 1.71. The molecule has 11 heteroatoms. The Kier molecular flexibility index (Phi) is 10.8. The van der Waals surface area contributed by atoms with Gasteiger partial charge in [-0.3, -0.25) is 0 Å². The summed E-state index contributed by atoms with van der Waals surface area (Å²) in [5, 5.41) is 2.57. The Morgan fingerprint density at radius 1 is 1.32 bits per heavy atom. The van der Waals surface area contributed by atoms with Crippen LogP contribution in [0.4, 0.5) is 0 Å². The van der Waals surface area contributed by atoms with Crippen molar-refractivity contribution in [2.75, 3.05) is 40.1 Å². The molecule has 1 aliphatic heterocycles. The summed E-state index contributed by atoms with van der Waals surface area (Å²) >= 11 is 0.465. The van der Waals surface area contributed by atoms with Crippen molar-refractivity contribution in [1.82, 2.24) is 5.09 Å². The third kappa shape index (κ3) is 8.72. The van der Waals surface area contributed by atoms with Crippen LogP contribution < -0.4 is 9.82 Å². The first-order valence-corrected chi connectivity index (χ1v) is 12.4. The standard InChI is InChI=1S/C17H27NO8P.Tl/c1-13(7-8-19)18-27(20,21)25-10-9-23-11-16-12-24-17(26-16)14-3-5-15(22-2)6-4-14;/h3-6,13,16-17H,7-12H2,1-2H3,(H2,18,20,21);/q-1;+1. The number of hydrogen-bond donors (Lipinski definition) is 2. The first-order valence-electron chi connectivity index (χ1n) is 8.99. The smallest absolute Gasteiger partial charge is 0.0195 e. The molecule has 2 N–H and O–H groups in total. The van der Waals surface area contributed by atoms with Crippen molar-refractivity contribution in [1.29, 1.82) is 0 Å². The molecule has 0 aliphatic carbocycles. The van der Waals surface area contributed by atoms with Crippen molar-refractivity contribution in [3.8, 4) is 5.75 Å². The van der Waals surface area contributed by atoms with Gasteiger partial charge in [0.1, 0.15) is 5.75 Å². The van der Waals surface area contributed by atoms with Crippen LogP contribution in [0.5, 0.6) is 5.75 Å². The zero-order chi connectivity index (χ0) is 20.4. The molecule has 9 nitrogen and oxygen atoms in total. The van der Waals surface area contributed by atoms with Gasteiger partial charge in [-0.15, -0.1) is 0 Å². The van der Waals surface area contributed by atoms with Crippen molar-refractivity contribution in [3.05, 3.63) is 29.8 Å². The molecule has 4 atom stereocenters. The summed E-state index contributed by atoms with van der Waals surface area (Å²) in [5.41, 5.74) is 0.907. The van der Waals surface area contributed by atoms with Gasteiger partial charge in [0.15, 0.2) is 6.29 Å². The summed E-state index contributed by atoms with van der Waals surface area (Å²) in [6.45, 7) is 3.29. The van der Waals surface area contributed by atoms with Crippen molar-refractivity contribution in [3.63, 3.8) is 0 Å². The zero-order valence-electron chi connectivity index (χ0n) is 16.1. The van der Waals surface area contributed by atoms with Gasteiger partial charge in [0.2, 0.25) is 0 Å². The molecule has 2 rings (SSSR count). The third-order valence-corrected chi connectivity index (χ3v) is 6.20. The van der Waals surface area contributed by atoms with Gasteiger partial charge < -0.3 is 14.2 Å². The molecular weight excluding hydrogens is 582 g/mol. The summed E-state index contributed by atoms with van der Waals surface area (Å²) in [7, 11) is -2.23. The Bertz CT molecular complexity index is 620. The minimum Gasteiger partial charge on any atom is -0.340 e. The first-order chi connectivity index (χ1) is 13.4. The predicted molar refractivity (Wildman–Crippen MR) is 102 cm³/mol. The summed E-state index contributed by atoms with van der Waals surface area (Å²) < 4.78 is 44.1. The molecule has 0 radical (unpaired) electrons. The molecule has 156 valence electrons. The summed E-state index contributed by atoms with van der Waals surface area (Å²) in [6, 6.07) is 7.31. The molecule has 1 heterocycles. The minimum absolute atomic E-state index is 0.00155. The Hall–Kier alpha value is -0.108. The molecule has 0 aromatic heterocycles. The van der Waals surface area contributed by atoms with Crippen molar-refractivity contribution in [2.24, 2.45) is 0 Å². The molecule has 1 fully saturated rings.